The monoisotopic (exact) mass is 352 g/mol. The lowest BCUT2D eigenvalue weighted by atomic mass is 10.1. The van der Waals surface area contributed by atoms with Gasteiger partial charge in [-0.1, -0.05) is 26.0 Å². The van der Waals surface area contributed by atoms with Crippen LogP contribution in [0.2, 0.25) is 0 Å². The van der Waals surface area contributed by atoms with Gasteiger partial charge in [0.25, 0.3) is 0 Å². The number of fused-ring (bicyclic) bond motifs is 1. The molecule has 2 heterocycles. The van der Waals surface area contributed by atoms with Gasteiger partial charge >= 0.3 is 0 Å². The molecule has 0 fully saturated rings. The van der Waals surface area contributed by atoms with Crippen LogP contribution in [0, 0.1) is 0 Å². The van der Waals surface area contributed by atoms with E-state index in [1.165, 1.54) is 0 Å². The van der Waals surface area contributed by atoms with Gasteiger partial charge in [-0.2, -0.15) is 0 Å². The first-order valence-corrected chi connectivity index (χ1v) is 8.78. The quantitative estimate of drug-likeness (QED) is 0.684. The van der Waals surface area contributed by atoms with E-state index >= 15 is 0 Å². The number of hydrogen-bond donors (Lipinski definition) is 2. The van der Waals surface area contributed by atoms with Crippen molar-refractivity contribution >= 4 is 23.1 Å². The molecule has 0 aliphatic carbocycles. The number of nitrogens with one attached hydrogen (secondary N) is 2. The Morgan fingerprint density at radius 1 is 1.15 bits per heavy atom. The van der Waals surface area contributed by atoms with E-state index in [1.54, 1.807) is 6.20 Å². The van der Waals surface area contributed by atoms with Gasteiger partial charge in [-0.3, -0.25) is 14.1 Å². The lowest BCUT2D eigenvalue weighted by molar-refractivity contribution is -0.117. The molecule has 26 heavy (non-hydrogen) atoms. The van der Waals surface area contributed by atoms with E-state index in [9.17, 15) is 4.79 Å². The third-order valence-corrected chi connectivity index (χ3v) is 4.39. The molecule has 0 aliphatic heterocycles. The van der Waals surface area contributed by atoms with E-state index in [0.29, 0.717) is 6.54 Å². The molecule has 1 amide bonds. The van der Waals surface area contributed by atoms with Crippen molar-refractivity contribution in [1.29, 1.82) is 0 Å². The fraction of sp³-hybridized carbons (Fsp3) is 0.316. The van der Waals surface area contributed by atoms with Crippen molar-refractivity contribution in [3.63, 3.8) is 0 Å². The predicted octanol–water partition coefficient (Wildman–Crippen LogP) is 2.72. The van der Waals surface area contributed by atoms with Crippen molar-refractivity contribution in [2.45, 2.75) is 13.8 Å². The number of aromatic nitrogens is 3. The maximum absolute atomic E-state index is 12.1. The summed E-state index contributed by atoms with van der Waals surface area (Å²) in [7, 11) is 1.83. The van der Waals surface area contributed by atoms with Crippen LogP contribution in [-0.2, 0) is 4.79 Å². The fourth-order valence-corrected chi connectivity index (χ4v) is 2.88. The minimum Gasteiger partial charge on any atom is -0.370 e. The van der Waals surface area contributed by atoms with E-state index in [4.69, 9.17) is 0 Å². The van der Waals surface area contributed by atoms with Crippen molar-refractivity contribution in [2.75, 3.05) is 37.3 Å². The second kappa shape index (κ2) is 7.97. The zero-order valence-electron chi connectivity index (χ0n) is 15.4. The van der Waals surface area contributed by atoms with Crippen LogP contribution in [0.1, 0.15) is 13.8 Å². The van der Waals surface area contributed by atoms with Crippen LogP contribution in [0.25, 0.3) is 16.9 Å². The molecule has 0 atom stereocenters. The summed E-state index contributed by atoms with van der Waals surface area (Å²) in [5.74, 6) is 0.736. The van der Waals surface area contributed by atoms with Gasteiger partial charge in [-0.25, -0.2) is 9.97 Å². The van der Waals surface area contributed by atoms with E-state index in [-0.39, 0.29) is 5.91 Å². The average Bonchev–Trinajstić information content (AvgIpc) is 3.11. The Hall–Kier alpha value is -2.93. The van der Waals surface area contributed by atoms with E-state index in [0.717, 1.165) is 41.5 Å². The Bertz CT molecular complexity index is 883. The Balaban J connectivity index is 1.77. The first-order chi connectivity index (χ1) is 12.7. The van der Waals surface area contributed by atoms with Crippen molar-refractivity contribution in [1.82, 2.24) is 19.3 Å². The minimum atomic E-state index is 0.000916. The second-order valence-corrected chi connectivity index (χ2v) is 5.95. The molecule has 2 aromatic heterocycles. The standard InChI is InChI=1S/C19H24N6O/c1-4-24(5-2)13-17(26)23-15-8-6-14(7-9-15)16-12-22-19-18(20-3)21-10-11-25(16)19/h6-12H,4-5,13H2,1-3H3,(H,20,21)(H,23,26). The highest BCUT2D eigenvalue weighted by Crippen LogP contribution is 2.24. The van der Waals surface area contributed by atoms with Gasteiger partial charge in [0.2, 0.25) is 5.91 Å². The van der Waals surface area contributed by atoms with Gasteiger partial charge in [0, 0.05) is 30.7 Å². The third-order valence-electron chi connectivity index (χ3n) is 4.39. The van der Waals surface area contributed by atoms with Crippen LogP contribution in [0.5, 0.6) is 0 Å². The molecule has 2 N–H and O–H groups in total. The summed E-state index contributed by atoms with van der Waals surface area (Å²) in [5, 5.41) is 5.99. The van der Waals surface area contributed by atoms with Gasteiger partial charge in [0.1, 0.15) is 0 Å². The number of benzene rings is 1. The molecular formula is C19H24N6O. The lowest BCUT2D eigenvalue weighted by Crippen LogP contribution is -2.32. The highest BCUT2D eigenvalue weighted by atomic mass is 16.2. The first kappa shape index (κ1) is 17.9. The molecule has 136 valence electrons. The SMILES string of the molecule is CCN(CC)CC(=O)Nc1ccc(-c2cnc3c(NC)nccn23)cc1. The fourth-order valence-electron chi connectivity index (χ4n) is 2.88. The Morgan fingerprint density at radius 3 is 2.54 bits per heavy atom. The van der Waals surface area contributed by atoms with Gasteiger partial charge in [0.05, 0.1) is 18.4 Å². The summed E-state index contributed by atoms with van der Waals surface area (Å²) in [6, 6.07) is 7.79. The van der Waals surface area contributed by atoms with Crippen molar-refractivity contribution in [2.24, 2.45) is 0 Å². The third kappa shape index (κ3) is 3.67. The number of likely N-dealkylation sites (N-methyl/N-ethyl adjacent to an activating group) is 1. The maximum atomic E-state index is 12.1. The number of imidazole rings is 1. The van der Waals surface area contributed by atoms with Crippen LogP contribution in [0.4, 0.5) is 11.5 Å². The Labute approximate surface area is 153 Å². The molecule has 3 rings (SSSR count). The molecule has 0 radical (unpaired) electrons. The number of carbonyl (C=O) groups excluding carboxylic acids is 1. The van der Waals surface area contributed by atoms with Gasteiger partial charge in [-0.05, 0) is 25.2 Å². The topological polar surface area (TPSA) is 74.6 Å². The van der Waals surface area contributed by atoms with Crippen LogP contribution >= 0.6 is 0 Å². The zero-order chi connectivity index (χ0) is 18.5. The summed E-state index contributed by atoms with van der Waals surface area (Å²) in [5.41, 5.74) is 3.56. The molecule has 0 aliphatic rings. The van der Waals surface area contributed by atoms with E-state index < -0.39 is 0 Å². The molecule has 0 bridgehead atoms. The molecule has 7 heteroatoms. The van der Waals surface area contributed by atoms with Gasteiger partial charge < -0.3 is 10.6 Å². The van der Waals surface area contributed by atoms with Crippen LogP contribution in [0.15, 0.2) is 42.9 Å². The summed E-state index contributed by atoms with van der Waals surface area (Å²) >= 11 is 0. The van der Waals surface area contributed by atoms with Crippen molar-refractivity contribution in [3.8, 4) is 11.3 Å². The van der Waals surface area contributed by atoms with Crippen molar-refractivity contribution in [3.05, 3.63) is 42.9 Å². The molecule has 1 aromatic carbocycles. The minimum absolute atomic E-state index is 0.000916. The number of anilines is 2. The Kier molecular flexibility index (Phi) is 5.48. The molecule has 0 spiro atoms. The van der Waals surface area contributed by atoms with Gasteiger partial charge in [0.15, 0.2) is 11.5 Å². The van der Waals surface area contributed by atoms with Crippen LogP contribution < -0.4 is 10.6 Å². The largest absolute Gasteiger partial charge is 0.370 e. The highest BCUT2D eigenvalue weighted by Gasteiger charge is 2.10. The smallest absolute Gasteiger partial charge is 0.238 e. The lowest BCUT2D eigenvalue weighted by Gasteiger charge is -2.17. The molecule has 7 nitrogen and oxygen atoms in total. The second-order valence-electron chi connectivity index (χ2n) is 5.95. The van der Waals surface area contributed by atoms with E-state index in [1.807, 2.05) is 48.1 Å². The number of carbonyl (C=O) groups is 1. The predicted molar refractivity (Wildman–Crippen MR) is 104 cm³/mol. The van der Waals surface area contributed by atoms with E-state index in [2.05, 4.69) is 39.3 Å². The molecule has 0 saturated carbocycles. The van der Waals surface area contributed by atoms with Gasteiger partial charge in [-0.15, -0.1) is 0 Å². The zero-order valence-corrected chi connectivity index (χ0v) is 15.4. The summed E-state index contributed by atoms with van der Waals surface area (Å²) in [6.07, 6.45) is 5.45. The number of hydrogen-bond acceptors (Lipinski definition) is 5. The normalized spacial score (nSPS) is 11.1. The summed E-state index contributed by atoms with van der Waals surface area (Å²) in [6.45, 7) is 6.23. The molecule has 0 unspecified atom stereocenters. The summed E-state index contributed by atoms with van der Waals surface area (Å²) < 4.78 is 1.99. The summed E-state index contributed by atoms with van der Waals surface area (Å²) in [4.78, 5) is 22.9. The number of nitrogens with zero attached hydrogens (tertiary/aromatic N) is 4. The Morgan fingerprint density at radius 2 is 1.88 bits per heavy atom. The molecule has 0 saturated heterocycles. The van der Waals surface area contributed by atoms with Crippen LogP contribution in [0.3, 0.4) is 0 Å². The average molecular weight is 352 g/mol. The molecular weight excluding hydrogens is 328 g/mol. The first-order valence-electron chi connectivity index (χ1n) is 8.78. The number of amides is 1. The number of rotatable bonds is 7. The maximum Gasteiger partial charge on any atom is 0.238 e. The highest BCUT2D eigenvalue weighted by molar-refractivity contribution is 5.92. The molecule has 3 aromatic rings. The van der Waals surface area contributed by atoms with Crippen molar-refractivity contribution < 1.29 is 4.79 Å². The van der Waals surface area contributed by atoms with Crippen LogP contribution in [-0.4, -0.2) is 51.9 Å².